The summed E-state index contributed by atoms with van der Waals surface area (Å²) in [5, 5.41) is 6.70. The molecule has 0 saturated carbocycles. The van der Waals surface area contributed by atoms with Gasteiger partial charge in [0.05, 0.1) is 17.5 Å². The number of rotatable bonds is 4. The van der Waals surface area contributed by atoms with Crippen molar-refractivity contribution in [2.75, 3.05) is 19.3 Å². The number of hydrogen-bond acceptors (Lipinski definition) is 7. The predicted octanol–water partition coefficient (Wildman–Crippen LogP) is 1.99. The van der Waals surface area contributed by atoms with Crippen LogP contribution in [0.25, 0.3) is 11.4 Å². The van der Waals surface area contributed by atoms with Crippen LogP contribution < -0.4 is 0 Å². The van der Waals surface area contributed by atoms with Crippen LogP contribution in [-0.2, 0) is 9.84 Å². The molecule has 30 heavy (non-hydrogen) atoms. The van der Waals surface area contributed by atoms with E-state index in [4.69, 9.17) is 0 Å². The van der Waals surface area contributed by atoms with Gasteiger partial charge in [0, 0.05) is 55.1 Å². The van der Waals surface area contributed by atoms with E-state index in [1.165, 1.54) is 18.6 Å². The molecule has 1 saturated heterocycles. The van der Waals surface area contributed by atoms with E-state index in [9.17, 15) is 13.2 Å². The molecule has 4 rings (SSSR count). The van der Waals surface area contributed by atoms with E-state index in [2.05, 4.69) is 25.1 Å². The van der Waals surface area contributed by atoms with E-state index in [-0.39, 0.29) is 16.7 Å². The van der Waals surface area contributed by atoms with Gasteiger partial charge in [-0.1, -0.05) is 0 Å². The van der Waals surface area contributed by atoms with Gasteiger partial charge in [-0.3, -0.25) is 14.9 Å². The Morgan fingerprint density at radius 1 is 1.17 bits per heavy atom. The fourth-order valence-electron chi connectivity index (χ4n) is 3.69. The smallest absolute Gasteiger partial charge is 0.257 e. The molecule has 3 aromatic heterocycles. The van der Waals surface area contributed by atoms with Gasteiger partial charge in [-0.2, -0.15) is 5.10 Å². The van der Waals surface area contributed by atoms with Crippen LogP contribution in [0.15, 0.2) is 41.8 Å². The number of carbonyl (C=O) groups is 1. The number of H-pyrrole nitrogens is 1. The Hall–Kier alpha value is -3.14. The van der Waals surface area contributed by atoms with Gasteiger partial charge >= 0.3 is 0 Å². The highest BCUT2D eigenvalue weighted by Gasteiger charge is 2.30. The minimum atomic E-state index is -3.48. The fourth-order valence-corrected chi connectivity index (χ4v) is 4.53. The summed E-state index contributed by atoms with van der Waals surface area (Å²) in [5.74, 6) is 0.323. The molecule has 3 aromatic rings. The number of nitrogens with one attached hydrogen (secondary N) is 1. The van der Waals surface area contributed by atoms with Crippen molar-refractivity contribution in [2.45, 2.75) is 30.6 Å². The highest BCUT2D eigenvalue weighted by Crippen LogP contribution is 2.32. The van der Waals surface area contributed by atoms with E-state index < -0.39 is 9.84 Å². The molecule has 0 spiro atoms. The Kier molecular flexibility index (Phi) is 5.33. The largest absolute Gasteiger partial charge is 0.338 e. The number of aromatic amines is 1. The summed E-state index contributed by atoms with van der Waals surface area (Å²) in [5.41, 5.74) is 2.59. The lowest BCUT2D eigenvalue weighted by Crippen LogP contribution is -2.38. The summed E-state index contributed by atoms with van der Waals surface area (Å²) < 4.78 is 24.7. The fraction of sp³-hybridized carbons (Fsp3) is 0.350. The summed E-state index contributed by atoms with van der Waals surface area (Å²) in [6.45, 7) is 2.85. The second-order valence-corrected chi connectivity index (χ2v) is 9.41. The first-order chi connectivity index (χ1) is 14.3. The highest BCUT2D eigenvalue weighted by molar-refractivity contribution is 7.90. The number of hydrogen-bond donors (Lipinski definition) is 1. The second-order valence-electron chi connectivity index (χ2n) is 7.43. The standard InChI is InChI=1S/C20H22N6O3S/c1-13-16(11-23-25-13)20(27)26-9-5-14(6-10-26)18-17(30(2,28)29)12-22-19(24-18)15-3-7-21-8-4-15/h3-4,7-8,11-12,14H,5-6,9-10H2,1-2H3,(H,23,25). The lowest BCUT2D eigenvalue weighted by Gasteiger charge is -2.32. The maximum Gasteiger partial charge on any atom is 0.257 e. The molecule has 0 aliphatic carbocycles. The maximum atomic E-state index is 12.7. The predicted molar refractivity (Wildman–Crippen MR) is 110 cm³/mol. The molecule has 1 fully saturated rings. The molecule has 0 atom stereocenters. The third kappa shape index (κ3) is 3.95. The van der Waals surface area contributed by atoms with Crippen LogP contribution in [0.5, 0.6) is 0 Å². The normalized spacial score (nSPS) is 15.3. The van der Waals surface area contributed by atoms with Gasteiger partial charge in [-0.15, -0.1) is 0 Å². The van der Waals surface area contributed by atoms with E-state index in [1.807, 2.05) is 6.92 Å². The van der Waals surface area contributed by atoms with Crippen LogP contribution in [0.1, 0.15) is 40.5 Å². The molecule has 1 aliphatic heterocycles. The lowest BCUT2D eigenvalue weighted by atomic mass is 9.92. The van der Waals surface area contributed by atoms with Gasteiger partial charge in [0.15, 0.2) is 15.7 Å². The zero-order chi connectivity index (χ0) is 21.3. The first-order valence-corrected chi connectivity index (χ1v) is 11.5. The number of amides is 1. The molecule has 1 N–H and O–H groups in total. The van der Waals surface area contributed by atoms with Gasteiger partial charge in [-0.05, 0) is 31.9 Å². The lowest BCUT2D eigenvalue weighted by molar-refractivity contribution is 0.0710. The number of nitrogens with zero attached hydrogens (tertiary/aromatic N) is 5. The van der Waals surface area contributed by atoms with Gasteiger partial charge in [0.2, 0.25) is 0 Å². The Labute approximate surface area is 174 Å². The van der Waals surface area contributed by atoms with E-state index >= 15 is 0 Å². The average Bonchev–Trinajstić information content (AvgIpc) is 3.19. The van der Waals surface area contributed by atoms with Crippen molar-refractivity contribution in [2.24, 2.45) is 0 Å². The molecule has 9 nitrogen and oxygen atoms in total. The van der Waals surface area contributed by atoms with Crippen LogP contribution >= 0.6 is 0 Å². The molecule has 0 aromatic carbocycles. The van der Waals surface area contributed by atoms with Gasteiger partial charge < -0.3 is 4.90 Å². The molecule has 1 aliphatic rings. The minimum Gasteiger partial charge on any atom is -0.338 e. The number of carbonyl (C=O) groups excluding carboxylic acids is 1. The van der Waals surface area contributed by atoms with Crippen molar-refractivity contribution in [1.29, 1.82) is 0 Å². The number of piperidine rings is 1. The molecular formula is C20H22N6O3S. The zero-order valence-electron chi connectivity index (χ0n) is 16.7. The van der Waals surface area contributed by atoms with Crippen molar-refractivity contribution in [3.8, 4) is 11.4 Å². The Balaban J connectivity index is 1.60. The minimum absolute atomic E-state index is 0.0665. The van der Waals surface area contributed by atoms with Gasteiger partial charge in [-0.25, -0.2) is 18.4 Å². The van der Waals surface area contributed by atoms with Crippen LogP contribution in [0.3, 0.4) is 0 Å². The number of pyridine rings is 1. The first kappa shape index (κ1) is 20.1. The van der Waals surface area contributed by atoms with Crippen LogP contribution in [-0.4, -0.2) is 63.7 Å². The molecule has 0 unspecified atom stereocenters. The zero-order valence-corrected chi connectivity index (χ0v) is 17.6. The molecule has 156 valence electrons. The van der Waals surface area contributed by atoms with E-state index in [0.29, 0.717) is 43.0 Å². The highest BCUT2D eigenvalue weighted by atomic mass is 32.2. The van der Waals surface area contributed by atoms with Crippen molar-refractivity contribution < 1.29 is 13.2 Å². The number of likely N-dealkylation sites (tertiary alicyclic amines) is 1. The average molecular weight is 427 g/mol. The quantitative estimate of drug-likeness (QED) is 0.677. The van der Waals surface area contributed by atoms with Crippen molar-refractivity contribution >= 4 is 15.7 Å². The Bertz CT molecular complexity index is 1170. The Morgan fingerprint density at radius 3 is 2.47 bits per heavy atom. The summed E-state index contributed by atoms with van der Waals surface area (Å²) >= 11 is 0. The van der Waals surface area contributed by atoms with E-state index in [0.717, 1.165) is 11.3 Å². The summed E-state index contributed by atoms with van der Waals surface area (Å²) in [6, 6.07) is 3.57. The number of aryl methyl sites for hydroxylation is 1. The first-order valence-electron chi connectivity index (χ1n) is 9.61. The molecule has 1 amide bonds. The number of aromatic nitrogens is 5. The van der Waals surface area contributed by atoms with Gasteiger partial charge in [0.25, 0.3) is 5.91 Å². The summed E-state index contributed by atoms with van der Waals surface area (Å²) in [7, 11) is -3.48. The monoisotopic (exact) mass is 426 g/mol. The number of sulfone groups is 1. The SMILES string of the molecule is Cc1[nH]ncc1C(=O)N1CCC(c2nc(-c3ccncc3)ncc2S(C)(=O)=O)CC1. The summed E-state index contributed by atoms with van der Waals surface area (Å²) in [4.78, 5) is 27.5. The second kappa shape index (κ2) is 7.94. The molecule has 0 radical (unpaired) electrons. The third-order valence-electron chi connectivity index (χ3n) is 5.35. The van der Waals surface area contributed by atoms with Crippen LogP contribution in [0.2, 0.25) is 0 Å². The topological polar surface area (TPSA) is 122 Å². The maximum absolute atomic E-state index is 12.7. The van der Waals surface area contributed by atoms with Crippen molar-refractivity contribution in [3.05, 3.63) is 53.9 Å². The molecular weight excluding hydrogens is 404 g/mol. The van der Waals surface area contributed by atoms with E-state index in [1.54, 1.807) is 29.4 Å². The van der Waals surface area contributed by atoms with Crippen LogP contribution in [0.4, 0.5) is 0 Å². The Morgan fingerprint density at radius 2 is 1.87 bits per heavy atom. The third-order valence-corrected chi connectivity index (χ3v) is 6.46. The van der Waals surface area contributed by atoms with Crippen molar-refractivity contribution in [1.82, 2.24) is 30.0 Å². The molecule has 10 heteroatoms. The van der Waals surface area contributed by atoms with Gasteiger partial charge in [0.1, 0.15) is 4.90 Å². The molecule has 0 bridgehead atoms. The van der Waals surface area contributed by atoms with Crippen molar-refractivity contribution in [3.63, 3.8) is 0 Å². The molecule has 4 heterocycles. The van der Waals surface area contributed by atoms with Crippen LogP contribution in [0, 0.1) is 6.92 Å². The summed E-state index contributed by atoms with van der Waals surface area (Å²) in [6.07, 6.45) is 8.63.